The number of nitrogens with zero attached hydrogens (tertiary/aromatic N) is 2. The van der Waals surface area contributed by atoms with Gasteiger partial charge in [-0.15, -0.1) is 0 Å². The smallest absolute Gasteiger partial charge is 0.195 e. The van der Waals surface area contributed by atoms with Gasteiger partial charge in [0, 0.05) is 13.0 Å². The Morgan fingerprint density at radius 1 is 1.41 bits per heavy atom. The molecule has 17 heavy (non-hydrogen) atoms. The van der Waals surface area contributed by atoms with E-state index < -0.39 is 0 Å². The molecule has 0 radical (unpaired) electrons. The summed E-state index contributed by atoms with van der Waals surface area (Å²) in [7, 11) is 0. The number of hydrogen-bond donors (Lipinski definition) is 1. The third-order valence-electron chi connectivity index (χ3n) is 2.85. The lowest BCUT2D eigenvalue weighted by atomic mass is 10.0. The summed E-state index contributed by atoms with van der Waals surface area (Å²) >= 11 is 5.32. The molecule has 1 rings (SSSR count). The van der Waals surface area contributed by atoms with Gasteiger partial charge in [0.1, 0.15) is 5.82 Å². The summed E-state index contributed by atoms with van der Waals surface area (Å²) in [6.07, 6.45) is 2.02. The molecule has 0 bridgehead atoms. The van der Waals surface area contributed by atoms with E-state index in [1.807, 2.05) is 6.92 Å². The standard InChI is InChI=1S/C12H23N3OS/c1-5-7-11-13-14-12(17)15(11)10(9(3)4)8-16-6-2/h9-10H,5-8H2,1-4H3,(H,14,17). The Bertz CT molecular complexity index is 383. The van der Waals surface area contributed by atoms with E-state index in [9.17, 15) is 0 Å². The molecule has 1 atom stereocenters. The fourth-order valence-electron chi connectivity index (χ4n) is 1.88. The number of nitrogens with one attached hydrogen (secondary N) is 1. The van der Waals surface area contributed by atoms with Gasteiger partial charge in [0.2, 0.25) is 0 Å². The maximum Gasteiger partial charge on any atom is 0.195 e. The number of ether oxygens (including phenoxy) is 1. The normalized spacial score (nSPS) is 13.2. The van der Waals surface area contributed by atoms with E-state index in [0.29, 0.717) is 17.3 Å². The molecule has 4 nitrogen and oxygen atoms in total. The highest BCUT2D eigenvalue weighted by Gasteiger charge is 2.20. The van der Waals surface area contributed by atoms with Crippen LogP contribution in [0.2, 0.25) is 0 Å². The highest BCUT2D eigenvalue weighted by Crippen LogP contribution is 2.20. The molecule has 0 saturated carbocycles. The van der Waals surface area contributed by atoms with Gasteiger partial charge in [0.25, 0.3) is 0 Å². The third-order valence-corrected chi connectivity index (χ3v) is 3.13. The van der Waals surface area contributed by atoms with Gasteiger partial charge in [0.15, 0.2) is 4.77 Å². The van der Waals surface area contributed by atoms with Crippen molar-refractivity contribution in [2.24, 2.45) is 5.92 Å². The lowest BCUT2D eigenvalue weighted by Crippen LogP contribution is -2.23. The van der Waals surface area contributed by atoms with Crippen LogP contribution in [0.25, 0.3) is 0 Å². The summed E-state index contributed by atoms with van der Waals surface area (Å²) in [6.45, 7) is 9.96. The minimum atomic E-state index is 0.266. The molecule has 1 N–H and O–H groups in total. The molecular weight excluding hydrogens is 234 g/mol. The van der Waals surface area contributed by atoms with Crippen LogP contribution in [0, 0.1) is 10.7 Å². The average molecular weight is 257 g/mol. The van der Waals surface area contributed by atoms with Gasteiger partial charge in [-0.3, -0.25) is 9.67 Å². The maximum atomic E-state index is 5.56. The summed E-state index contributed by atoms with van der Waals surface area (Å²) in [6, 6.07) is 0.266. The molecule has 98 valence electrons. The summed E-state index contributed by atoms with van der Waals surface area (Å²) in [5, 5.41) is 7.20. The van der Waals surface area contributed by atoms with Crippen LogP contribution >= 0.6 is 12.2 Å². The number of aromatic nitrogens is 3. The van der Waals surface area contributed by atoms with Crippen molar-refractivity contribution in [2.75, 3.05) is 13.2 Å². The van der Waals surface area contributed by atoms with E-state index in [2.05, 4.69) is 35.5 Å². The van der Waals surface area contributed by atoms with E-state index >= 15 is 0 Å². The van der Waals surface area contributed by atoms with E-state index in [-0.39, 0.29) is 6.04 Å². The van der Waals surface area contributed by atoms with Crippen molar-refractivity contribution in [3.63, 3.8) is 0 Å². The largest absolute Gasteiger partial charge is 0.380 e. The molecule has 0 fully saturated rings. The number of aromatic amines is 1. The fraction of sp³-hybridized carbons (Fsp3) is 0.833. The van der Waals surface area contributed by atoms with Gasteiger partial charge in [-0.05, 0) is 31.5 Å². The zero-order valence-corrected chi connectivity index (χ0v) is 12.0. The minimum Gasteiger partial charge on any atom is -0.380 e. The van der Waals surface area contributed by atoms with E-state index in [0.717, 1.165) is 25.3 Å². The second kappa shape index (κ2) is 6.91. The second-order valence-electron chi connectivity index (χ2n) is 4.54. The van der Waals surface area contributed by atoms with E-state index in [4.69, 9.17) is 17.0 Å². The van der Waals surface area contributed by atoms with Crippen LogP contribution < -0.4 is 0 Å². The molecule has 0 aromatic carbocycles. The first kappa shape index (κ1) is 14.4. The van der Waals surface area contributed by atoms with Crippen molar-refractivity contribution in [1.29, 1.82) is 0 Å². The number of hydrogen-bond acceptors (Lipinski definition) is 3. The SMILES string of the molecule is CCCc1n[nH]c(=S)n1C(COCC)C(C)C. The molecule has 1 unspecified atom stereocenters. The van der Waals surface area contributed by atoms with Gasteiger partial charge < -0.3 is 4.74 Å². The summed E-state index contributed by atoms with van der Waals surface area (Å²) < 4.78 is 8.39. The molecule has 0 aliphatic heterocycles. The molecule has 1 aromatic rings. The molecule has 0 aliphatic rings. The van der Waals surface area contributed by atoms with Crippen LogP contribution in [0.5, 0.6) is 0 Å². The summed E-state index contributed by atoms with van der Waals surface area (Å²) in [5.74, 6) is 1.51. The van der Waals surface area contributed by atoms with Gasteiger partial charge in [0.05, 0.1) is 12.6 Å². The topological polar surface area (TPSA) is 42.8 Å². The zero-order chi connectivity index (χ0) is 12.8. The third kappa shape index (κ3) is 3.64. The number of rotatable bonds is 7. The zero-order valence-electron chi connectivity index (χ0n) is 11.2. The minimum absolute atomic E-state index is 0.266. The van der Waals surface area contributed by atoms with Crippen molar-refractivity contribution in [3.05, 3.63) is 10.6 Å². The lowest BCUT2D eigenvalue weighted by molar-refractivity contribution is 0.0946. The number of H-pyrrole nitrogens is 1. The van der Waals surface area contributed by atoms with Crippen LogP contribution in [0.3, 0.4) is 0 Å². The van der Waals surface area contributed by atoms with Crippen molar-refractivity contribution < 1.29 is 4.74 Å². The Labute approximate surface area is 108 Å². The first-order valence-corrected chi connectivity index (χ1v) is 6.76. The second-order valence-corrected chi connectivity index (χ2v) is 4.92. The van der Waals surface area contributed by atoms with Crippen molar-refractivity contribution in [2.45, 2.75) is 46.6 Å². The number of aryl methyl sites for hydroxylation is 1. The predicted molar refractivity (Wildman–Crippen MR) is 71.8 cm³/mol. The summed E-state index contributed by atoms with van der Waals surface area (Å²) in [4.78, 5) is 0. The van der Waals surface area contributed by atoms with Crippen molar-refractivity contribution >= 4 is 12.2 Å². The molecule has 0 spiro atoms. The van der Waals surface area contributed by atoms with Crippen LogP contribution in [0.15, 0.2) is 0 Å². The Morgan fingerprint density at radius 2 is 2.12 bits per heavy atom. The van der Waals surface area contributed by atoms with Gasteiger partial charge >= 0.3 is 0 Å². The molecule has 0 amide bonds. The summed E-state index contributed by atoms with van der Waals surface area (Å²) in [5.41, 5.74) is 0. The first-order chi connectivity index (χ1) is 8.11. The molecule has 0 aliphatic carbocycles. The Morgan fingerprint density at radius 3 is 2.65 bits per heavy atom. The maximum absolute atomic E-state index is 5.56. The van der Waals surface area contributed by atoms with Crippen molar-refractivity contribution in [1.82, 2.24) is 14.8 Å². The Balaban J connectivity index is 2.99. The van der Waals surface area contributed by atoms with Crippen LogP contribution in [0.1, 0.15) is 46.0 Å². The van der Waals surface area contributed by atoms with Gasteiger partial charge in [-0.1, -0.05) is 20.8 Å². The van der Waals surface area contributed by atoms with Crippen LogP contribution in [0.4, 0.5) is 0 Å². The van der Waals surface area contributed by atoms with E-state index in [1.165, 1.54) is 0 Å². The molecule has 0 saturated heterocycles. The van der Waals surface area contributed by atoms with Crippen LogP contribution in [-0.4, -0.2) is 28.0 Å². The Kier molecular flexibility index (Phi) is 5.85. The predicted octanol–water partition coefficient (Wildman–Crippen LogP) is 3.13. The molecule has 1 aromatic heterocycles. The monoisotopic (exact) mass is 257 g/mol. The highest BCUT2D eigenvalue weighted by atomic mass is 32.1. The quantitative estimate of drug-likeness (QED) is 0.763. The Hall–Kier alpha value is -0.680. The van der Waals surface area contributed by atoms with Crippen LogP contribution in [-0.2, 0) is 11.2 Å². The molecular formula is C12H23N3OS. The first-order valence-electron chi connectivity index (χ1n) is 6.35. The molecule has 5 heteroatoms. The van der Waals surface area contributed by atoms with Crippen molar-refractivity contribution in [3.8, 4) is 0 Å². The highest BCUT2D eigenvalue weighted by molar-refractivity contribution is 7.71. The van der Waals surface area contributed by atoms with Gasteiger partial charge in [-0.2, -0.15) is 5.10 Å². The lowest BCUT2D eigenvalue weighted by Gasteiger charge is -2.23. The van der Waals surface area contributed by atoms with Gasteiger partial charge in [-0.25, -0.2) is 0 Å². The van der Waals surface area contributed by atoms with E-state index in [1.54, 1.807) is 0 Å². The average Bonchev–Trinajstić information content (AvgIpc) is 2.62. The molecule has 1 heterocycles. The fourth-order valence-corrected chi connectivity index (χ4v) is 2.17.